The van der Waals surface area contributed by atoms with Crippen molar-refractivity contribution in [2.24, 2.45) is 5.73 Å². The number of Topliss-reactive ketones (excluding diaryl/α,β-unsaturated/α-hetero) is 1. The number of aromatic hydroxyl groups is 1. The monoisotopic (exact) mass is 464 g/mol. The third-order valence-corrected chi connectivity index (χ3v) is 8.42. The first-order valence-electron chi connectivity index (χ1n) is 11.8. The number of carbonyl (C=O) groups excluding carboxylic acids is 2. The third kappa shape index (κ3) is 2.76. The van der Waals surface area contributed by atoms with Gasteiger partial charge in [-0.3, -0.25) is 4.79 Å². The number of carbonyl (C=O) groups is 2. The summed E-state index contributed by atoms with van der Waals surface area (Å²) in [6, 6.07) is 9.11. The molecule has 6 rings (SSSR count). The number of rotatable bonds is 4. The molecule has 2 bridgehead atoms. The van der Waals surface area contributed by atoms with E-state index in [1.807, 2.05) is 13.1 Å². The van der Waals surface area contributed by atoms with Gasteiger partial charge >= 0.3 is 5.97 Å². The zero-order valence-electron chi connectivity index (χ0n) is 19.0. The second-order valence-electron chi connectivity index (χ2n) is 10.1. The molecule has 2 fully saturated rings. The summed E-state index contributed by atoms with van der Waals surface area (Å²) >= 11 is 0. The van der Waals surface area contributed by atoms with E-state index in [4.69, 9.17) is 15.2 Å². The molecule has 1 spiro atoms. The number of phenolic OH excluding ortho intramolecular Hbond substituents is 1. The van der Waals surface area contributed by atoms with E-state index in [-0.39, 0.29) is 36.2 Å². The standard InChI is InChI=1S/C26H28N2O6/c1-28-11-10-25-21-15-4-7-19(33-24(31)17(27)12-14-2-5-16(29)6-3-14)22(21)34-23(25)18(30)8-9-26(25,32)20(28)13-15/h2-7,17,20,23,29,32H,8-13,27H2,1H3/t17-,20+,23-,25-,26+/m0/s1. The number of nitrogens with two attached hydrogens (primary N) is 1. The van der Waals surface area contributed by atoms with Crippen LogP contribution in [0.25, 0.3) is 0 Å². The van der Waals surface area contributed by atoms with Crippen molar-refractivity contribution in [2.75, 3.05) is 13.6 Å². The van der Waals surface area contributed by atoms with Crippen molar-refractivity contribution in [3.05, 3.63) is 53.1 Å². The number of piperidine rings is 1. The van der Waals surface area contributed by atoms with Crippen molar-refractivity contribution in [3.8, 4) is 17.2 Å². The Morgan fingerprint density at radius 1 is 1.26 bits per heavy atom. The maximum atomic E-state index is 13.0. The van der Waals surface area contributed by atoms with Crippen molar-refractivity contribution < 1.29 is 29.3 Å². The molecule has 5 atom stereocenters. The first-order chi connectivity index (χ1) is 16.2. The Hall–Kier alpha value is -2.94. The maximum Gasteiger partial charge on any atom is 0.328 e. The van der Waals surface area contributed by atoms with E-state index >= 15 is 0 Å². The number of ketones is 1. The Morgan fingerprint density at radius 3 is 2.79 bits per heavy atom. The highest BCUT2D eigenvalue weighted by Crippen LogP contribution is 2.64. The summed E-state index contributed by atoms with van der Waals surface area (Å²) in [6.07, 6.45) is 1.39. The normalized spacial score (nSPS) is 32.0. The molecule has 2 aromatic carbocycles. The summed E-state index contributed by atoms with van der Waals surface area (Å²) < 4.78 is 12.0. The smallest absolute Gasteiger partial charge is 0.328 e. The van der Waals surface area contributed by atoms with Gasteiger partial charge in [0.15, 0.2) is 23.4 Å². The van der Waals surface area contributed by atoms with Crippen LogP contribution < -0.4 is 15.2 Å². The van der Waals surface area contributed by atoms with Crippen LogP contribution in [0.15, 0.2) is 36.4 Å². The number of ether oxygens (including phenoxy) is 2. The first kappa shape index (κ1) is 21.6. The summed E-state index contributed by atoms with van der Waals surface area (Å²) in [5.41, 5.74) is 6.88. The second kappa shape index (κ2) is 7.28. The van der Waals surface area contributed by atoms with E-state index in [0.29, 0.717) is 25.0 Å². The van der Waals surface area contributed by atoms with Crippen LogP contribution in [-0.2, 0) is 27.8 Å². The Kier molecular flexibility index (Phi) is 4.62. The quantitative estimate of drug-likeness (QED) is 0.456. The van der Waals surface area contributed by atoms with Gasteiger partial charge in [-0.05, 0) is 68.6 Å². The largest absolute Gasteiger partial charge is 0.508 e. The zero-order valence-corrected chi connectivity index (χ0v) is 19.0. The number of aliphatic hydroxyl groups is 1. The van der Waals surface area contributed by atoms with Gasteiger partial charge in [0.2, 0.25) is 0 Å². The van der Waals surface area contributed by atoms with Gasteiger partial charge in [0.25, 0.3) is 0 Å². The lowest BCUT2D eigenvalue weighted by atomic mass is 9.49. The molecule has 2 heterocycles. The van der Waals surface area contributed by atoms with Gasteiger partial charge in [0.05, 0.1) is 11.0 Å². The fraction of sp³-hybridized carbons (Fsp3) is 0.462. The third-order valence-electron chi connectivity index (χ3n) is 8.42. The van der Waals surface area contributed by atoms with Crippen LogP contribution in [0.1, 0.15) is 36.0 Å². The Bertz CT molecular complexity index is 1200. The number of hydrogen-bond acceptors (Lipinski definition) is 8. The van der Waals surface area contributed by atoms with Crippen molar-refractivity contribution in [2.45, 2.75) is 61.3 Å². The molecule has 0 unspecified atom stereocenters. The lowest BCUT2D eigenvalue weighted by Crippen LogP contribution is -2.76. The SMILES string of the molecule is CN1CC[C@]23c4c5ccc(OC(=O)[C@@H](N)Cc6ccc(O)cc6)c4O[C@H]2C(=O)CC[C@@]3(O)[C@H]1C5. The van der Waals surface area contributed by atoms with Crippen LogP contribution >= 0.6 is 0 Å². The maximum absolute atomic E-state index is 13.0. The number of likely N-dealkylation sites (N-methyl/N-ethyl adjacent to an activating group) is 1. The molecule has 34 heavy (non-hydrogen) atoms. The summed E-state index contributed by atoms with van der Waals surface area (Å²) in [4.78, 5) is 28.1. The average Bonchev–Trinajstić information content (AvgIpc) is 3.17. The van der Waals surface area contributed by atoms with Crippen molar-refractivity contribution >= 4 is 11.8 Å². The van der Waals surface area contributed by atoms with Crippen LogP contribution in [0.4, 0.5) is 0 Å². The molecule has 4 aliphatic rings. The molecule has 0 aromatic heterocycles. The summed E-state index contributed by atoms with van der Waals surface area (Å²) in [7, 11) is 2.02. The molecular formula is C26H28N2O6. The van der Waals surface area contributed by atoms with Crippen molar-refractivity contribution in [1.82, 2.24) is 4.90 Å². The number of benzene rings is 2. The molecule has 1 saturated heterocycles. The minimum Gasteiger partial charge on any atom is -0.508 e. The van der Waals surface area contributed by atoms with E-state index in [1.54, 1.807) is 30.3 Å². The lowest BCUT2D eigenvalue weighted by Gasteiger charge is -2.62. The predicted molar refractivity (Wildman–Crippen MR) is 122 cm³/mol. The Labute approximate surface area is 197 Å². The number of esters is 1. The number of likely N-dealkylation sites (tertiary alicyclic amines) is 1. The van der Waals surface area contributed by atoms with Gasteiger partial charge in [-0.15, -0.1) is 0 Å². The molecule has 1 saturated carbocycles. The average molecular weight is 465 g/mol. The van der Waals surface area contributed by atoms with Gasteiger partial charge in [0.1, 0.15) is 11.8 Å². The Morgan fingerprint density at radius 2 is 2.03 bits per heavy atom. The molecule has 8 heteroatoms. The van der Waals surface area contributed by atoms with Crippen molar-refractivity contribution in [3.63, 3.8) is 0 Å². The fourth-order valence-electron chi connectivity index (χ4n) is 6.76. The summed E-state index contributed by atoms with van der Waals surface area (Å²) in [6.45, 7) is 0.751. The van der Waals surface area contributed by atoms with Crippen LogP contribution in [0.3, 0.4) is 0 Å². The fourth-order valence-corrected chi connectivity index (χ4v) is 6.76. The Balaban J connectivity index is 1.35. The van der Waals surface area contributed by atoms with Crippen LogP contribution in [0.2, 0.25) is 0 Å². The van der Waals surface area contributed by atoms with Crippen LogP contribution in [-0.4, -0.2) is 64.2 Å². The van der Waals surface area contributed by atoms with Gasteiger partial charge in [-0.1, -0.05) is 18.2 Å². The van der Waals surface area contributed by atoms with Crippen LogP contribution in [0, 0.1) is 0 Å². The highest BCUT2D eigenvalue weighted by molar-refractivity contribution is 5.90. The summed E-state index contributed by atoms with van der Waals surface area (Å²) in [5.74, 6) is 0.142. The van der Waals surface area contributed by atoms with E-state index < -0.39 is 29.1 Å². The van der Waals surface area contributed by atoms with E-state index in [0.717, 1.165) is 23.2 Å². The van der Waals surface area contributed by atoms with Gasteiger partial charge in [0, 0.05) is 18.0 Å². The first-order valence-corrected chi connectivity index (χ1v) is 11.8. The van der Waals surface area contributed by atoms with Crippen molar-refractivity contribution in [1.29, 1.82) is 0 Å². The molecule has 2 aliphatic carbocycles. The minimum atomic E-state index is -1.07. The molecule has 0 radical (unpaired) electrons. The van der Waals surface area contributed by atoms with E-state index in [9.17, 15) is 19.8 Å². The van der Waals surface area contributed by atoms with Gasteiger partial charge in [-0.2, -0.15) is 0 Å². The molecule has 2 aliphatic heterocycles. The van der Waals surface area contributed by atoms with E-state index in [1.165, 1.54) is 0 Å². The number of phenols is 1. The van der Waals surface area contributed by atoms with Gasteiger partial charge < -0.3 is 30.3 Å². The minimum absolute atomic E-state index is 0.0154. The highest BCUT2D eigenvalue weighted by Gasteiger charge is 2.72. The predicted octanol–water partition coefficient (Wildman–Crippen LogP) is 1.22. The zero-order chi connectivity index (χ0) is 23.8. The number of nitrogens with zero attached hydrogens (tertiary/aromatic N) is 1. The number of hydrogen-bond donors (Lipinski definition) is 3. The molecule has 4 N–H and O–H groups in total. The lowest BCUT2D eigenvalue weighted by molar-refractivity contribution is -0.185. The molecule has 2 aromatic rings. The molecule has 178 valence electrons. The molecule has 8 nitrogen and oxygen atoms in total. The van der Waals surface area contributed by atoms with Gasteiger partial charge in [-0.25, -0.2) is 4.79 Å². The molecule has 0 amide bonds. The molecular weight excluding hydrogens is 436 g/mol. The topological polar surface area (TPSA) is 122 Å². The second-order valence-corrected chi connectivity index (χ2v) is 10.1. The highest BCUT2D eigenvalue weighted by atomic mass is 16.6. The van der Waals surface area contributed by atoms with E-state index in [2.05, 4.69) is 4.90 Å². The van der Waals surface area contributed by atoms with Crippen LogP contribution in [0.5, 0.6) is 17.2 Å². The summed E-state index contributed by atoms with van der Waals surface area (Å²) in [5, 5.41) is 21.5.